The average molecular weight is 344 g/mol. The van der Waals surface area contributed by atoms with Crippen molar-refractivity contribution >= 4 is 27.5 Å². The molecule has 1 aliphatic rings. The first kappa shape index (κ1) is 14.6. The van der Waals surface area contributed by atoms with E-state index < -0.39 is 11.0 Å². The number of aliphatic hydroxyl groups is 1. The van der Waals surface area contributed by atoms with E-state index in [0.717, 1.165) is 10.9 Å². The molecule has 0 saturated heterocycles. The van der Waals surface area contributed by atoms with Crippen LogP contribution in [-0.2, 0) is 16.5 Å². The molecule has 2 atom stereocenters. The summed E-state index contributed by atoms with van der Waals surface area (Å²) in [6.07, 6.45) is 5.68. The minimum atomic E-state index is -1.07. The Kier molecular flexibility index (Phi) is 4.71. The number of hydrogen-bond acceptors (Lipinski definition) is 2. The van der Waals surface area contributed by atoms with E-state index in [9.17, 15) is 5.11 Å². The van der Waals surface area contributed by atoms with Gasteiger partial charge in [-0.1, -0.05) is 40.2 Å². The van der Waals surface area contributed by atoms with Crippen molar-refractivity contribution in [3.63, 3.8) is 0 Å². The summed E-state index contributed by atoms with van der Waals surface area (Å²) in [6.45, 7) is 0. The monoisotopic (exact) mass is 342 g/mol. The summed E-state index contributed by atoms with van der Waals surface area (Å²) < 4.78 is 5.11. The summed E-state index contributed by atoms with van der Waals surface area (Å²) in [5, 5.41) is 10.9. The minimum Gasteiger partial charge on any atom is -0.497 e. The molecule has 0 aliphatic heterocycles. The highest BCUT2D eigenvalue weighted by atomic mass is 79.9. The average Bonchev–Trinajstić information content (AvgIpc) is 2.43. The molecule has 0 radical (unpaired) electrons. The van der Waals surface area contributed by atoms with Crippen LogP contribution in [0.1, 0.15) is 11.1 Å². The normalized spacial score (nSPS) is 26.1. The standard InChI is InChI=1S/C15H16BrClO2/c1-19-13-6-7-15(18,14(17)8-13)9-11-2-4-12(10-16)5-3-11/h2-8,14,18H,9-10H2,1H3. The molecule has 4 heteroatoms. The molecule has 0 saturated carbocycles. The molecular formula is C15H16BrClO2. The molecule has 0 bridgehead atoms. The van der Waals surface area contributed by atoms with Gasteiger partial charge in [0.05, 0.1) is 12.5 Å². The van der Waals surface area contributed by atoms with Crippen molar-refractivity contribution in [2.45, 2.75) is 22.7 Å². The third kappa shape index (κ3) is 3.41. The maximum atomic E-state index is 10.6. The Bertz CT molecular complexity index is 495. The molecular weight excluding hydrogens is 328 g/mol. The van der Waals surface area contributed by atoms with E-state index in [1.165, 1.54) is 5.56 Å². The SMILES string of the molecule is COC1=CC(Cl)C(O)(Cc2ccc(CBr)cc2)C=C1. The van der Waals surface area contributed by atoms with Crippen LogP contribution in [0.2, 0.25) is 0 Å². The first-order chi connectivity index (χ1) is 9.07. The van der Waals surface area contributed by atoms with Gasteiger partial charge in [-0.25, -0.2) is 0 Å². The van der Waals surface area contributed by atoms with E-state index in [0.29, 0.717) is 12.2 Å². The second-order valence-corrected chi connectivity index (χ2v) is 5.66. The van der Waals surface area contributed by atoms with E-state index in [1.807, 2.05) is 24.3 Å². The van der Waals surface area contributed by atoms with E-state index in [1.54, 1.807) is 25.3 Å². The fourth-order valence-corrected chi connectivity index (χ4v) is 2.68. The van der Waals surface area contributed by atoms with Gasteiger partial charge in [0.15, 0.2) is 0 Å². The summed E-state index contributed by atoms with van der Waals surface area (Å²) in [7, 11) is 1.59. The molecule has 102 valence electrons. The van der Waals surface area contributed by atoms with Gasteiger partial charge in [-0.3, -0.25) is 0 Å². The van der Waals surface area contributed by atoms with Crippen LogP contribution in [0.3, 0.4) is 0 Å². The van der Waals surface area contributed by atoms with E-state index in [4.69, 9.17) is 16.3 Å². The van der Waals surface area contributed by atoms with Gasteiger partial charge in [-0.15, -0.1) is 11.6 Å². The number of alkyl halides is 2. The third-order valence-electron chi connectivity index (χ3n) is 3.22. The highest BCUT2D eigenvalue weighted by Gasteiger charge is 2.34. The summed E-state index contributed by atoms with van der Waals surface area (Å²) in [6, 6.07) is 8.11. The predicted octanol–water partition coefficient (Wildman–Crippen LogP) is 3.56. The van der Waals surface area contributed by atoms with Gasteiger partial charge in [0, 0.05) is 11.8 Å². The van der Waals surface area contributed by atoms with Crippen molar-refractivity contribution in [1.82, 2.24) is 0 Å². The maximum absolute atomic E-state index is 10.6. The molecule has 1 aromatic carbocycles. The molecule has 1 aliphatic carbocycles. The Labute approximate surface area is 126 Å². The Morgan fingerprint density at radius 3 is 2.47 bits per heavy atom. The maximum Gasteiger partial charge on any atom is 0.116 e. The largest absolute Gasteiger partial charge is 0.497 e. The zero-order valence-corrected chi connectivity index (χ0v) is 13.0. The first-order valence-corrected chi connectivity index (χ1v) is 7.58. The number of halogens is 2. The van der Waals surface area contributed by atoms with Gasteiger partial charge in [0.2, 0.25) is 0 Å². The van der Waals surface area contributed by atoms with Crippen LogP contribution in [0.4, 0.5) is 0 Å². The lowest BCUT2D eigenvalue weighted by atomic mass is 9.87. The fraction of sp³-hybridized carbons (Fsp3) is 0.333. The topological polar surface area (TPSA) is 29.5 Å². The Morgan fingerprint density at radius 2 is 1.95 bits per heavy atom. The van der Waals surface area contributed by atoms with Crippen LogP contribution in [0.15, 0.2) is 48.3 Å². The molecule has 1 aromatic rings. The molecule has 19 heavy (non-hydrogen) atoms. The number of benzene rings is 1. The highest BCUT2D eigenvalue weighted by Crippen LogP contribution is 2.29. The first-order valence-electron chi connectivity index (χ1n) is 6.02. The highest BCUT2D eigenvalue weighted by molar-refractivity contribution is 9.08. The smallest absolute Gasteiger partial charge is 0.116 e. The summed E-state index contributed by atoms with van der Waals surface area (Å²) >= 11 is 9.65. The van der Waals surface area contributed by atoms with Gasteiger partial charge >= 0.3 is 0 Å². The molecule has 0 spiro atoms. The zero-order valence-electron chi connectivity index (χ0n) is 10.6. The predicted molar refractivity (Wildman–Crippen MR) is 81.6 cm³/mol. The van der Waals surface area contributed by atoms with Gasteiger partial charge < -0.3 is 9.84 Å². The van der Waals surface area contributed by atoms with E-state index in [-0.39, 0.29) is 0 Å². The van der Waals surface area contributed by atoms with Crippen LogP contribution < -0.4 is 0 Å². The lowest BCUT2D eigenvalue weighted by Gasteiger charge is -2.31. The Balaban J connectivity index is 2.13. The second kappa shape index (κ2) is 6.12. The van der Waals surface area contributed by atoms with Crippen molar-refractivity contribution in [2.75, 3.05) is 7.11 Å². The van der Waals surface area contributed by atoms with Crippen LogP contribution in [0, 0.1) is 0 Å². The number of hydrogen-bond donors (Lipinski definition) is 1. The summed E-state index contributed by atoms with van der Waals surface area (Å²) in [5.41, 5.74) is 1.19. The molecule has 0 heterocycles. The summed E-state index contributed by atoms with van der Waals surface area (Å²) in [5.74, 6) is 0.680. The summed E-state index contributed by atoms with van der Waals surface area (Å²) in [4.78, 5) is 0. The molecule has 2 unspecified atom stereocenters. The van der Waals surface area contributed by atoms with Crippen molar-refractivity contribution in [3.8, 4) is 0 Å². The van der Waals surface area contributed by atoms with Crippen molar-refractivity contribution < 1.29 is 9.84 Å². The third-order valence-corrected chi connectivity index (χ3v) is 4.38. The number of methoxy groups -OCH3 is 1. The molecule has 0 aromatic heterocycles. The van der Waals surface area contributed by atoms with Crippen molar-refractivity contribution in [1.29, 1.82) is 0 Å². The number of ether oxygens (including phenoxy) is 1. The minimum absolute atomic E-state index is 0.480. The van der Waals surface area contributed by atoms with Crippen LogP contribution in [0.5, 0.6) is 0 Å². The zero-order chi connectivity index (χ0) is 13.9. The van der Waals surface area contributed by atoms with Gasteiger partial charge in [-0.05, 0) is 29.4 Å². The number of allylic oxidation sites excluding steroid dienone is 1. The van der Waals surface area contributed by atoms with Crippen LogP contribution in [-0.4, -0.2) is 23.2 Å². The van der Waals surface area contributed by atoms with Gasteiger partial charge in [-0.2, -0.15) is 0 Å². The quantitative estimate of drug-likeness (QED) is 0.847. The Hall–Kier alpha value is -0.770. The van der Waals surface area contributed by atoms with Gasteiger partial charge in [0.25, 0.3) is 0 Å². The number of rotatable bonds is 4. The lowest BCUT2D eigenvalue weighted by molar-refractivity contribution is 0.0938. The molecule has 0 amide bonds. The van der Waals surface area contributed by atoms with E-state index >= 15 is 0 Å². The van der Waals surface area contributed by atoms with Crippen LogP contribution >= 0.6 is 27.5 Å². The molecule has 2 nitrogen and oxygen atoms in total. The molecule has 1 N–H and O–H groups in total. The Morgan fingerprint density at radius 1 is 1.32 bits per heavy atom. The van der Waals surface area contributed by atoms with Crippen molar-refractivity contribution in [3.05, 3.63) is 59.4 Å². The fourth-order valence-electron chi connectivity index (χ4n) is 2.03. The molecule has 0 fully saturated rings. The van der Waals surface area contributed by atoms with Crippen LogP contribution in [0.25, 0.3) is 0 Å². The van der Waals surface area contributed by atoms with Crippen molar-refractivity contribution in [2.24, 2.45) is 0 Å². The molecule has 2 rings (SSSR count). The second-order valence-electron chi connectivity index (χ2n) is 4.63. The van der Waals surface area contributed by atoms with E-state index in [2.05, 4.69) is 15.9 Å². The van der Waals surface area contributed by atoms with Gasteiger partial charge in [0.1, 0.15) is 11.4 Å². The lowest BCUT2D eigenvalue weighted by Crippen LogP contribution is -2.40.